The van der Waals surface area contributed by atoms with Crippen LogP contribution in [0.3, 0.4) is 0 Å². The molecule has 2 heteroatoms. The summed E-state index contributed by atoms with van der Waals surface area (Å²) in [5.41, 5.74) is 1.18. The lowest BCUT2D eigenvalue weighted by atomic mass is 10.1. The van der Waals surface area contributed by atoms with Gasteiger partial charge in [-0.1, -0.05) is 44.2 Å². The van der Waals surface area contributed by atoms with Gasteiger partial charge in [-0.05, 0) is 11.5 Å². The topological polar surface area (TPSA) is 29.4 Å². The molecule has 0 bridgehead atoms. The second kappa shape index (κ2) is 6.12. The molecule has 0 saturated heterocycles. The van der Waals surface area contributed by atoms with E-state index in [0.717, 1.165) is 6.42 Å². The highest BCUT2D eigenvalue weighted by atomic mass is 16.1. The highest BCUT2D eigenvalue weighted by Gasteiger charge is 2.00. The summed E-state index contributed by atoms with van der Waals surface area (Å²) in [6.45, 7) is 4.04. The SMILES string of the molecule is CC(C)CC(=O)N=CCc1ccccc1. The Morgan fingerprint density at radius 3 is 2.60 bits per heavy atom. The lowest BCUT2D eigenvalue weighted by molar-refractivity contribution is -0.118. The Hall–Kier alpha value is -1.44. The molecule has 15 heavy (non-hydrogen) atoms. The van der Waals surface area contributed by atoms with Crippen LogP contribution in [0.25, 0.3) is 0 Å². The van der Waals surface area contributed by atoms with Crippen molar-refractivity contribution in [2.75, 3.05) is 0 Å². The fourth-order valence-corrected chi connectivity index (χ4v) is 1.27. The molecule has 0 fully saturated rings. The van der Waals surface area contributed by atoms with Crippen LogP contribution in [0, 0.1) is 5.92 Å². The number of carbonyl (C=O) groups excluding carboxylic acids is 1. The summed E-state index contributed by atoms with van der Waals surface area (Å²) >= 11 is 0. The molecule has 0 aliphatic heterocycles. The number of hydrogen-bond acceptors (Lipinski definition) is 1. The van der Waals surface area contributed by atoms with Crippen molar-refractivity contribution in [1.82, 2.24) is 0 Å². The van der Waals surface area contributed by atoms with Crippen LogP contribution in [-0.4, -0.2) is 12.1 Å². The van der Waals surface area contributed by atoms with E-state index in [0.29, 0.717) is 12.3 Å². The number of benzene rings is 1. The minimum absolute atomic E-state index is 0.0269. The standard InChI is InChI=1S/C13H17NO/c1-11(2)10-13(15)14-9-8-12-6-4-3-5-7-12/h3-7,9,11H,8,10H2,1-2H3. The predicted octanol–water partition coefficient (Wildman–Crippen LogP) is 2.87. The van der Waals surface area contributed by atoms with Crippen LogP contribution >= 0.6 is 0 Å². The van der Waals surface area contributed by atoms with Crippen molar-refractivity contribution < 1.29 is 4.79 Å². The number of amides is 1. The summed E-state index contributed by atoms with van der Waals surface area (Å²) in [5, 5.41) is 0. The van der Waals surface area contributed by atoms with E-state index in [1.165, 1.54) is 5.56 Å². The summed E-state index contributed by atoms with van der Waals surface area (Å²) in [4.78, 5) is 15.1. The van der Waals surface area contributed by atoms with Crippen molar-refractivity contribution in [2.24, 2.45) is 10.9 Å². The number of hydrogen-bond donors (Lipinski definition) is 0. The van der Waals surface area contributed by atoms with Gasteiger partial charge in [0, 0.05) is 19.1 Å². The summed E-state index contributed by atoms with van der Waals surface area (Å²) in [7, 11) is 0. The normalized spacial score (nSPS) is 11.1. The van der Waals surface area contributed by atoms with Crippen molar-refractivity contribution in [3.05, 3.63) is 35.9 Å². The zero-order chi connectivity index (χ0) is 11.1. The molecule has 0 heterocycles. The van der Waals surface area contributed by atoms with Gasteiger partial charge >= 0.3 is 0 Å². The molecule has 1 rings (SSSR count). The van der Waals surface area contributed by atoms with E-state index in [2.05, 4.69) is 4.99 Å². The summed E-state index contributed by atoms with van der Waals surface area (Å²) in [6, 6.07) is 10.0. The molecule has 80 valence electrons. The van der Waals surface area contributed by atoms with Gasteiger partial charge in [-0.25, -0.2) is 4.99 Å². The first-order valence-electron chi connectivity index (χ1n) is 5.27. The maximum absolute atomic E-state index is 11.2. The quantitative estimate of drug-likeness (QED) is 0.692. The molecular weight excluding hydrogens is 186 g/mol. The van der Waals surface area contributed by atoms with Gasteiger partial charge < -0.3 is 0 Å². The van der Waals surface area contributed by atoms with E-state index in [4.69, 9.17) is 0 Å². The Labute approximate surface area is 91.0 Å². The van der Waals surface area contributed by atoms with Crippen LogP contribution in [-0.2, 0) is 11.2 Å². The van der Waals surface area contributed by atoms with Crippen LogP contribution in [0.2, 0.25) is 0 Å². The Morgan fingerprint density at radius 1 is 1.33 bits per heavy atom. The van der Waals surface area contributed by atoms with E-state index in [1.54, 1.807) is 6.21 Å². The second-order valence-corrected chi connectivity index (χ2v) is 3.99. The van der Waals surface area contributed by atoms with Gasteiger partial charge in [-0.15, -0.1) is 0 Å². The summed E-state index contributed by atoms with van der Waals surface area (Å²) in [6.07, 6.45) is 2.95. The molecule has 1 aromatic carbocycles. The fraction of sp³-hybridized carbons (Fsp3) is 0.385. The monoisotopic (exact) mass is 203 g/mol. The minimum Gasteiger partial charge on any atom is -0.273 e. The Kier molecular flexibility index (Phi) is 4.75. The van der Waals surface area contributed by atoms with Crippen LogP contribution in [0.5, 0.6) is 0 Å². The van der Waals surface area contributed by atoms with E-state index in [1.807, 2.05) is 44.2 Å². The molecule has 2 nitrogen and oxygen atoms in total. The van der Waals surface area contributed by atoms with Crippen LogP contribution < -0.4 is 0 Å². The summed E-state index contributed by atoms with van der Waals surface area (Å²) < 4.78 is 0. The first-order valence-corrected chi connectivity index (χ1v) is 5.27. The Morgan fingerprint density at radius 2 is 2.00 bits per heavy atom. The lowest BCUT2D eigenvalue weighted by Crippen LogP contribution is -2.00. The van der Waals surface area contributed by atoms with E-state index in [9.17, 15) is 4.79 Å². The molecule has 0 saturated carbocycles. The molecule has 0 radical (unpaired) electrons. The number of carbonyl (C=O) groups is 1. The van der Waals surface area contributed by atoms with Crippen molar-refractivity contribution in [3.8, 4) is 0 Å². The molecule has 0 aromatic heterocycles. The predicted molar refractivity (Wildman–Crippen MR) is 63.1 cm³/mol. The number of rotatable bonds is 4. The molecule has 0 atom stereocenters. The highest BCUT2D eigenvalue weighted by Crippen LogP contribution is 2.01. The third-order valence-electron chi connectivity index (χ3n) is 1.99. The van der Waals surface area contributed by atoms with Crippen molar-refractivity contribution >= 4 is 12.1 Å². The van der Waals surface area contributed by atoms with E-state index in [-0.39, 0.29) is 5.91 Å². The average Bonchev–Trinajstić information content (AvgIpc) is 2.18. The highest BCUT2D eigenvalue weighted by molar-refractivity contribution is 5.85. The molecule has 0 N–H and O–H groups in total. The number of nitrogens with zero attached hydrogens (tertiary/aromatic N) is 1. The van der Waals surface area contributed by atoms with Crippen LogP contribution in [0.4, 0.5) is 0 Å². The van der Waals surface area contributed by atoms with Crippen molar-refractivity contribution in [3.63, 3.8) is 0 Å². The fourth-order valence-electron chi connectivity index (χ4n) is 1.27. The van der Waals surface area contributed by atoms with Gasteiger partial charge in [0.1, 0.15) is 0 Å². The molecule has 0 unspecified atom stereocenters. The zero-order valence-corrected chi connectivity index (χ0v) is 9.31. The van der Waals surface area contributed by atoms with Crippen LogP contribution in [0.1, 0.15) is 25.8 Å². The smallest absolute Gasteiger partial charge is 0.245 e. The van der Waals surface area contributed by atoms with Crippen LogP contribution in [0.15, 0.2) is 35.3 Å². The van der Waals surface area contributed by atoms with E-state index >= 15 is 0 Å². The Balaban J connectivity index is 2.37. The molecule has 0 spiro atoms. The van der Waals surface area contributed by atoms with Crippen molar-refractivity contribution in [2.45, 2.75) is 26.7 Å². The third kappa shape index (κ3) is 5.11. The average molecular weight is 203 g/mol. The molecule has 0 aliphatic rings. The number of aliphatic imine (C=N–C) groups is 1. The molecule has 1 amide bonds. The lowest BCUT2D eigenvalue weighted by Gasteiger charge is -1.98. The van der Waals surface area contributed by atoms with Crippen molar-refractivity contribution in [1.29, 1.82) is 0 Å². The molecular formula is C13H17NO. The summed E-state index contributed by atoms with van der Waals surface area (Å²) in [5.74, 6) is 0.354. The van der Waals surface area contributed by atoms with Gasteiger partial charge in [0.2, 0.25) is 5.91 Å². The largest absolute Gasteiger partial charge is 0.273 e. The third-order valence-corrected chi connectivity index (χ3v) is 1.99. The first kappa shape index (κ1) is 11.6. The second-order valence-electron chi connectivity index (χ2n) is 3.99. The van der Waals surface area contributed by atoms with E-state index < -0.39 is 0 Å². The Bertz CT molecular complexity index is 328. The van der Waals surface area contributed by atoms with Gasteiger partial charge in [0.15, 0.2) is 0 Å². The minimum atomic E-state index is -0.0269. The van der Waals surface area contributed by atoms with Gasteiger partial charge in [0.25, 0.3) is 0 Å². The zero-order valence-electron chi connectivity index (χ0n) is 9.31. The van der Waals surface area contributed by atoms with Gasteiger partial charge in [0.05, 0.1) is 0 Å². The maximum Gasteiger partial charge on any atom is 0.245 e. The van der Waals surface area contributed by atoms with Gasteiger partial charge in [-0.2, -0.15) is 0 Å². The van der Waals surface area contributed by atoms with Gasteiger partial charge in [-0.3, -0.25) is 4.79 Å². The molecule has 1 aromatic rings. The first-order chi connectivity index (χ1) is 7.18. The molecule has 0 aliphatic carbocycles. The maximum atomic E-state index is 11.2.